The maximum absolute atomic E-state index is 11.7. The first-order chi connectivity index (χ1) is 11.6. The number of allylic oxidation sites excluding steroid dienone is 2. The Morgan fingerprint density at radius 2 is 1.96 bits per heavy atom. The second kappa shape index (κ2) is 5.61. The highest BCUT2D eigenvalue weighted by Crippen LogP contribution is 2.64. The third kappa shape index (κ3) is 2.70. The summed E-state index contributed by atoms with van der Waals surface area (Å²) in [5.41, 5.74) is -0.486. The first-order valence-corrected chi connectivity index (χ1v) is 10.6. The van der Waals surface area contributed by atoms with Gasteiger partial charge >= 0.3 is 7.82 Å². The van der Waals surface area contributed by atoms with E-state index in [9.17, 15) is 24.3 Å². The van der Waals surface area contributed by atoms with Gasteiger partial charge in [-0.3, -0.25) is 9.32 Å². The van der Waals surface area contributed by atoms with Crippen molar-refractivity contribution < 1.29 is 28.8 Å². The lowest BCUT2D eigenvalue weighted by Crippen LogP contribution is -2.54. The molecule has 0 radical (unpaired) electrons. The summed E-state index contributed by atoms with van der Waals surface area (Å²) in [4.78, 5) is 30.1. The van der Waals surface area contributed by atoms with E-state index in [0.29, 0.717) is 12.8 Å². The maximum atomic E-state index is 11.7. The quantitative estimate of drug-likeness (QED) is 0.647. The van der Waals surface area contributed by atoms with Crippen molar-refractivity contribution in [3.05, 3.63) is 23.8 Å². The van der Waals surface area contributed by atoms with E-state index in [2.05, 4.69) is 6.92 Å². The largest absolute Gasteiger partial charge is 0.469 e. The minimum Gasteiger partial charge on any atom is -0.381 e. The van der Waals surface area contributed by atoms with Gasteiger partial charge in [0.1, 0.15) is 5.60 Å². The van der Waals surface area contributed by atoms with Crippen LogP contribution in [0, 0.1) is 23.2 Å². The molecule has 4 aliphatic rings. The summed E-state index contributed by atoms with van der Waals surface area (Å²) in [6.45, 7) is 2.08. The number of aliphatic hydroxyl groups is 1. The lowest BCUT2D eigenvalue weighted by atomic mass is 9.51. The van der Waals surface area contributed by atoms with Crippen LogP contribution in [0.15, 0.2) is 23.8 Å². The Labute approximate surface area is 147 Å². The zero-order chi connectivity index (χ0) is 18.0. The Bertz CT molecular complexity index is 708. The number of hydrogen-bond acceptors (Lipinski definition) is 4. The number of hydrogen-bond donors (Lipinski definition) is 3. The molecule has 138 valence electrons. The van der Waals surface area contributed by atoms with Crippen LogP contribution in [0.5, 0.6) is 0 Å². The van der Waals surface area contributed by atoms with E-state index in [1.165, 1.54) is 6.08 Å². The Morgan fingerprint density at radius 1 is 1.20 bits per heavy atom. The molecule has 0 aromatic heterocycles. The smallest absolute Gasteiger partial charge is 0.381 e. The SMILES string of the molecule is C[C@]12CCC3C(CCC4=CC(=O)C=C[C@@]43O)C1CCC2OP(=O)(O)O. The molecule has 0 bridgehead atoms. The number of carbonyl (C=O) groups is 1. The highest BCUT2D eigenvalue weighted by molar-refractivity contribution is 7.46. The number of ketones is 1. The van der Waals surface area contributed by atoms with Crippen LogP contribution in [-0.4, -0.2) is 32.4 Å². The molecule has 0 amide bonds. The summed E-state index contributed by atoms with van der Waals surface area (Å²) in [6, 6.07) is 0. The molecule has 25 heavy (non-hydrogen) atoms. The Balaban J connectivity index is 1.62. The van der Waals surface area contributed by atoms with Crippen molar-refractivity contribution in [1.82, 2.24) is 0 Å². The number of fused-ring (bicyclic) bond motifs is 5. The van der Waals surface area contributed by atoms with Gasteiger partial charge in [0.2, 0.25) is 0 Å². The minimum atomic E-state index is -4.51. The molecule has 0 aromatic rings. The van der Waals surface area contributed by atoms with Gasteiger partial charge in [0, 0.05) is 0 Å². The molecule has 3 fully saturated rings. The van der Waals surface area contributed by atoms with Crippen molar-refractivity contribution in [2.45, 2.75) is 57.2 Å². The van der Waals surface area contributed by atoms with Crippen LogP contribution in [-0.2, 0) is 13.9 Å². The number of phosphoric acid groups is 1. The van der Waals surface area contributed by atoms with Gasteiger partial charge in [-0.1, -0.05) is 6.92 Å². The summed E-state index contributed by atoms with van der Waals surface area (Å²) in [7, 11) is -4.51. The van der Waals surface area contributed by atoms with Crippen molar-refractivity contribution in [3.8, 4) is 0 Å². The fraction of sp³-hybridized carbons (Fsp3) is 0.722. The van der Waals surface area contributed by atoms with Gasteiger partial charge < -0.3 is 14.9 Å². The van der Waals surface area contributed by atoms with Crippen molar-refractivity contribution in [2.75, 3.05) is 0 Å². The van der Waals surface area contributed by atoms with Crippen molar-refractivity contribution in [1.29, 1.82) is 0 Å². The second-order valence-electron chi connectivity index (χ2n) is 8.35. The van der Waals surface area contributed by atoms with Gasteiger partial charge in [-0.05, 0) is 85.5 Å². The molecule has 0 aliphatic heterocycles. The van der Waals surface area contributed by atoms with E-state index in [1.807, 2.05) is 0 Å². The third-order valence-electron chi connectivity index (χ3n) is 7.26. The van der Waals surface area contributed by atoms with E-state index < -0.39 is 19.5 Å². The van der Waals surface area contributed by atoms with E-state index in [1.54, 1.807) is 12.2 Å². The number of rotatable bonds is 2. The van der Waals surface area contributed by atoms with Gasteiger partial charge in [-0.15, -0.1) is 0 Å². The van der Waals surface area contributed by atoms with Crippen molar-refractivity contribution in [3.63, 3.8) is 0 Å². The number of phosphoric ester groups is 1. The predicted molar refractivity (Wildman–Crippen MR) is 90.4 cm³/mol. The average molecular weight is 368 g/mol. The Kier molecular flexibility index (Phi) is 3.95. The molecule has 6 atom stereocenters. The highest BCUT2D eigenvalue weighted by Gasteiger charge is 2.60. The maximum Gasteiger partial charge on any atom is 0.469 e. The average Bonchev–Trinajstić information content (AvgIpc) is 2.83. The molecule has 3 saturated carbocycles. The van der Waals surface area contributed by atoms with Crippen LogP contribution in [0.2, 0.25) is 0 Å². The molecular formula is C18H25O6P. The molecule has 7 heteroatoms. The van der Waals surface area contributed by atoms with E-state index >= 15 is 0 Å². The summed E-state index contributed by atoms with van der Waals surface area (Å²) in [5, 5.41) is 11.3. The molecular weight excluding hydrogens is 343 g/mol. The lowest BCUT2D eigenvalue weighted by molar-refractivity contribution is -0.112. The van der Waals surface area contributed by atoms with Crippen molar-refractivity contribution >= 4 is 13.6 Å². The lowest BCUT2D eigenvalue weighted by Gasteiger charge is -2.55. The molecule has 4 rings (SSSR count). The summed E-state index contributed by atoms with van der Waals surface area (Å²) in [6.07, 6.45) is 8.92. The Hall–Kier alpha value is -0.780. The van der Waals surface area contributed by atoms with E-state index in [-0.39, 0.29) is 29.0 Å². The van der Waals surface area contributed by atoms with Crippen LogP contribution >= 0.6 is 7.82 Å². The van der Waals surface area contributed by atoms with Gasteiger partial charge in [-0.25, -0.2) is 4.57 Å². The molecule has 0 saturated heterocycles. The summed E-state index contributed by atoms with van der Waals surface area (Å²) in [5.74, 6) is 0.557. The van der Waals surface area contributed by atoms with Crippen LogP contribution in [0.25, 0.3) is 0 Å². The van der Waals surface area contributed by atoms with Crippen molar-refractivity contribution in [2.24, 2.45) is 23.2 Å². The highest BCUT2D eigenvalue weighted by atomic mass is 31.2. The zero-order valence-electron chi connectivity index (χ0n) is 14.3. The van der Waals surface area contributed by atoms with Gasteiger partial charge in [-0.2, -0.15) is 0 Å². The molecule has 3 N–H and O–H groups in total. The predicted octanol–water partition coefficient (Wildman–Crippen LogP) is 2.50. The normalized spacial score (nSPS) is 46.2. The fourth-order valence-electron chi connectivity index (χ4n) is 6.14. The first kappa shape index (κ1) is 17.6. The van der Waals surface area contributed by atoms with E-state index in [0.717, 1.165) is 31.3 Å². The van der Waals surface area contributed by atoms with Gasteiger partial charge in [0.25, 0.3) is 0 Å². The van der Waals surface area contributed by atoms with Crippen LogP contribution in [0.4, 0.5) is 0 Å². The van der Waals surface area contributed by atoms with Crippen LogP contribution < -0.4 is 0 Å². The number of carbonyl (C=O) groups excluding carboxylic acids is 1. The molecule has 4 unspecified atom stereocenters. The molecule has 0 spiro atoms. The summed E-state index contributed by atoms with van der Waals surface area (Å²) < 4.78 is 16.5. The first-order valence-electron chi connectivity index (χ1n) is 9.04. The third-order valence-corrected chi connectivity index (χ3v) is 7.79. The molecule has 0 heterocycles. The minimum absolute atomic E-state index is 0.0590. The Morgan fingerprint density at radius 3 is 2.68 bits per heavy atom. The van der Waals surface area contributed by atoms with Crippen LogP contribution in [0.3, 0.4) is 0 Å². The fourth-order valence-corrected chi connectivity index (χ4v) is 6.81. The topological polar surface area (TPSA) is 104 Å². The van der Waals surface area contributed by atoms with Crippen LogP contribution in [0.1, 0.15) is 45.4 Å². The molecule has 0 aromatic carbocycles. The molecule has 6 nitrogen and oxygen atoms in total. The monoisotopic (exact) mass is 368 g/mol. The summed E-state index contributed by atoms with van der Waals surface area (Å²) >= 11 is 0. The molecule has 4 aliphatic carbocycles. The van der Waals surface area contributed by atoms with Gasteiger partial charge in [0.15, 0.2) is 5.78 Å². The van der Waals surface area contributed by atoms with Gasteiger partial charge in [0.05, 0.1) is 6.10 Å². The zero-order valence-corrected chi connectivity index (χ0v) is 15.2. The van der Waals surface area contributed by atoms with E-state index in [4.69, 9.17) is 4.52 Å². The second-order valence-corrected chi connectivity index (χ2v) is 9.54. The standard InChI is InChI=1S/C18H25O6P/c1-17-8-7-15-13(14(17)4-5-16(17)24-25(21,22)23)3-2-11-10-12(19)6-9-18(11,15)20/h6,9-10,13-16,20H,2-5,7-8H2,1H3,(H2,21,22,23)/t13?,14?,15?,16?,17-,18+/m0/s1.